The first kappa shape index (κ1) is 13.5. The van der Waals surface area contributed by atoms with Gasteiger partial charge in [0.05, 0.1) is 4.90 Å². The van der Waals surface area contributed by atoms with Crippen LogP contribution in [0.2, 0.25) is 0 Å². The molecule has 1 aromatic rings. The standard InChI is InChI=1S/C12H17FN2O2S/c13-10-2-1-3-12(7-10)18(16,17)15-8-9-4-5-11(14)6-9/h1-3,7,9,11,15H,4-6,8,14H2. The molecule has 18 heavy (non-hydrogen) atoms. The van der Waals surface area contributed by atoms with Crippen LogP contribution in [-0.2, 0) is 10.0 Å². The normalized spacial score (nSPS) is 24.3. The first-order valence-corrected chi connectivity index (χ1v) is 7.46. The van der Waals surface area contributed by atoms with Crippen molar-refractivity contribution in [2.24, 2.45) is 11.7 Å². The van der Waals surface area contributed by atoms with Crippen LogP contribution in [0.1, 0.15) is 19.3 Å². The SMILES string of the molecule is NC1CCC(CNS(=O)(=O)c2cccc(F)c2)C1. The zero-order valence-electron chi connectivity index (χ0n) is 9.97. The molecular formula is C12H17FN2O2S. The van der Waals surface area contributed by atoms with E-state index in [1.54, 1.807) is 0 Å². The lowest BCUT2D eigenvalue weighted by atomic mass is 10.1. The summed E-state index contributed by atoms with van der Waals surface area (Å²) in [7, 11) is -3.62. The predicted octanol–water partition coefficient (Wildman–Crippen LogP) is 1.23. The van der Waals surface area contributed by atoms with Crippen molar-refractivity contribution in [2.75, 3.05) is 6.54 Å². The molecule has 2 atom stereocenters. The summed E-state index contributed by atoms with van der Waals surface area (Å²) in [4.78, 5) is -0.0372. The van der Waals surface area contributed by atoms with Crippen LogP contribution in [0.25, 0.3) is 0 Å². The number of hydrogen-bond donors (Lipinski definition) is 2. The molecule has 1 saturated carbocycles. The highest BCUT2D eigenvalue weighted by atomic mass is 32.2. The Labute approximate surface area is 106 Å². The fourth-order valence-corrected chi connectivity index (χ4v) is 3.39. The zero-order chi connectivity index (χ0) is 13.2. The Morgan fingerprint density at radius 2 is 2.17 bits per heavy atom. The van der Waals surface area contributed by atoms with Gasteiger partial charge in [-0.25, -0.2) is 17.5 Å². The van der Waals surface area contributed by atoms with Crippen LogP contribution in [0.15, 0.2) is 29.2 Å². The number of nitrogens with two attached hydrogens (primary N) is 1. The molecule has 1 aliphatic rings. The third kappa shape index (κ3) is 3.28. The Balaban J connectivity index is 1.99. The van der Waals surface area contributed by atoms with E-state index in [9.17, 15) is 12.8 Å². The molecule has 0 amide bonds. The highest BCUT2D eigenvalue weighted by Gasteiger charge is 2.23. The molecule has 0 aliphatic heterocycles. The van der Waals surface area contributed by atoms with Gasteiger partial charge >= 0.3 is 0 Å². The summed E-state index contributed by atoms with van der Waals surface area (Å²) >= 11 is 0. The first-order chi connectivity index (χ1) is 8.47. The van der Waals surface area contributed by atoms with E-state index in [4.69, 9.17) is 5.73 Å². The molecule has 6 heteroatoms. The molecule has 0 saturated heterocycles. The minimum atomic E-state index is -3.62. The third-order valence-corrected chi connectivity index (χ3v) is 4.67. The molecule has 4 nitrogen and oxygen atoms in total. The molecule has 1 aromatic carbocycles. The highest BCUT2D eigenvalue weighted by Crippen LogP contribution is 2.23. The zero-order valence-corrected chi connectivity index (χ0v) is 10.8. The minimum Gasteiger partial charge on any atom is -0.328 e. The minimum absolute atomic E-state index is 0.0372. The van der Waals surface area contributed by atoms with E-state index in [0.717, 1.165) is 25.3 Å². The van der Waals surface area contributed by atoms with Gasteiger partial charge in [-0.2, -0.15) is 0 Å². The molecule has 100 valence electrons. The molecular weight excluding hydrogens is 255 g/mol. The van der Waals surface area contributed by atoms with Gasteiger partial charge in [0.2, 0.25) is 10.0 Å². The Bertz CT molecular complexity index is 519. The molecule has 1 aliphatic carbocycles. The fourth-order valence-electron chi connectivity index (χ4n) is 2.24. The van der Waals surface area contributed by atoms with Crippen LogP contribution in [0.4, 0.5) is 4.39 Å². The molecule has 0 spiro atoms. The maximum absolute atomic E-state index is 13.0. The summed E-state index contributed by atoms with van der Waals surface area (Å²) in [6, 6.07) is 5.17. The number of hydrogen-bond acceptors (Lipinski definition) is 3. The van der Waals surface area contributed by atoms with Crippen molar-refractivity contribution in [1.29, 1.82) is 0 Å². The number of halogens is 1. The van der Waals surface area contributed by atoms with Gasteiger partial charge in [0, 0.05) is 12.6 Å². The van der Waals surface area contributed by atoms with Crippen molar-refractivity contribution in [2.45, 2.75) is 30.2 Å². The van der Waals surface area contributed by atoms with Crippen molar-refractivity contribution >= 4 is 10.0 Å². The molecule has 0 radical (unpaired) electrons. The Kier molecular flexibility index (Phi) is 3.99. The van der Waals surface area contributed by atoms with E-state index in [-0.39, 0.29) is 16.9 Å². The van der Waals surface area contributed by atoms with Gasteiger partial charge in [-0.15, -0.1) is 0 Å². The number of rotatable bonds is 4. The fraction of sp³-hybridized carbons (Fsp3) is 0.500. The maximum Gasteiger partial charge on any atom is 0.240 e. The van der Waals surface area contributed by atoms with Crippen LogP contribution in [0.3, 0.4) is 0 Å². The van der Waals surface area contributed by atoms with Crippen LogP contribution < -0.4 is 10.5 Å². The Morgan fingerprint density at radius 1 is 1.39 bits per heavy atom. The van der Waals surface area contributed by atoms with E-state index in [0.29, 0.717) is 6.54 Å². The summed E-state index contributed by atoms with van der Waals surface area (Å²) in [5.74, 6) is -0.274. The highest BCUT2D eigenvalue weighted by molar-refractivity contribution is 7.89. The summed E-state index contributed by atoms with van der Waals surface area (Å²) in [5, 5.41) is 0. The first-order valence-electron chi connectivity index (χ1n) is 5.98. The van der Waals surface area contributed by atoms with Crippen molar-refractivity contribution in [3.63, 3.8) is 0 Å². The van der Waals surface area contributed by atoms with E-state index < -0.39 is 15.8 Å². The molecule has 2 unspecified atom stereocenters. The molecule has 0 aromatic heterocycles. The lowest BCUT2D eigenvalue weighted by molar-refractivity contribution is 0.512. The van der Waals surface area contributed by atoms with E-state index in [2.05, 4.69) is 4.72 Å². The lowest BCUT2D eigenvalue weighted by Gasteiger charge is -2.11. The van der Waals surface area contributed by atoms with Gasteiger partial charge < -0.3 is 5.73 Å². The van der Waals surface area contributed by atoms with E-state index in [1.807, 2.05) is 0 Å². The van der Waals surface area contributed by atoms with Crippen LogP contribution in [-0.4, -0.2) is 21.0 Å². The Hall–Kier alpha value is -0.980. The van der Waals surface area contributed by atoms with Crippen molar-refractivity contribution in [3.05, 3.63) is 30.1 Å². The molecule has 1 fully saturated rings. The van der Waals surface area contributed by atoms with E-state index >= 15 is 0 Å². The van der Waals surface area contributed by atoms with Gasteiger partial charge in [-0.3, -0.25) is 0 Å². The van der Waals surface area contributed by atoms with E-state index in [1.165, 1.54) is 18.2 Å². The molecule has 2 rings (SSSR count). The van der Waals surface area contributed by atoms with Crippen molar-refractivity contribution in [3.8, 4) is 0 Å². The second-order valence-electron chi connectivity index (χ2n) is 4.75. The molecule has 0 heterocycles. The van der Waals surface area contributed by atoms with Gasteiger partial charge in [-0.05, 0) is 43.4 Å². The summed E-state index contributed by atoms with van der Waals surface area (Å²) in [5.41, 5.74) is 5.77. The van der Waals surface area contributed by atoms with Gasteiger partial charge in [0.15, 0.2) is 0 Å². The maximum atomic E-state index is 13.0. The number of benzene rings is 1. The predicted molar refractivity (Wildman–Crippen MR) is 66.9 cm³/mol. The van der Waals surface area contributed by atoms with Gasteiger partial charge in [-0.1, -0.05) is 6.07 Å². The largest absolute Gasteiger partial charge is 0.328 e. The van der Waals surface area contributed by atoms with Gasteiger partial charge in [0.25, 0.3) is 0 Å². The van der Waals surface area contributed by atoms with Crippen LogP contribution >= 0.6 is 0 Å². The van der Waals surface area contributed by atoms with Gasteiger partial charge in [0.1, 0.15) is 5.82 Å². The average Bonchev–Trinajstić information content (AvgIpc) is 2.73. The monoisotopic (exact) mass is 272 g/mol. The molecule has 3 N–H and O–H groups in total. The van der Waals surface area contributed by atoms with Crippen molar-refractivity contribution < 1.29 is 12.8 Å². The summed E-state index contributed by atoms with van der Waals surface area (Å²) in [6.45, 7) is 0.368. The van der Waals surface area contributed by atoms with Crippen LogP contribution in [0.5, 0.6) is 0 Å². The second-order valence-corrected chi connectivity index (χ2v) is 6.52. The lowest BCUT2D eigenvalue weighted by Crippen LogP contribution is -2.29. The van der Waals surface area contributed by atoms with Crippen LogP contribution in [0, 0.1) is 11.7 Å². The Morgan fingerprint density at radius 3 is 2.78 bits per heavy atom. The second kappa shape index (κ2) is 5.34. The topological polar surface area (TPSA) is 72.2 Å². The van der Waals surface area contributed by atoms with Crippen molar-refractivity contribution in [1.82, 2.24) is 4.72 Å². The molecule has 0 bridgehead atoms. The number of nitrogens with one attached hydrogen (secondary N) is 1. The summed E-state index contributed by atoms with van der Waals surface area (Å²) in [6.07, 6.45) is 2.71. The quantitative estimate of drug-likeness (QED) is 0.866. The number of sulfonamides is 1. The third-order valence-electron chi connectivity index (χ3n) is 3.25. The smallest absolute Gasteiger partial charge is 0.240 e. The average molecular weight is 272 g/mol. The summed E-state index contributed by atoms with van der Waals surface area (Å²) < 4.78 is 39.3.